The van der Waals surface area contributed by atoms with E-state index in [1.165, 1.54) is 5.56 Å². The molecule has 0 fully saturated rings. The molecule has 0 saturated carbocycles. The van der Waals surface area contributed by atoms with Crippen LogP contribution in [-0.4, -0.2) is 11.7 Å². The van der Waals surface area contributed by atoms with Gasteiger partial charge in [-0.2, -0.15) is 0 Å². The molecule has 0 bridgehead atoms. The Bertz CT molecular complexity index is 475. The van der Waals surface area contributed by atoms with Crippen LogP contribution in [0, 0.1) is 6.92 Å². The van der Waals surface area contributed by atoms with Crippen molar-refractivity contribution in [2.45, 2.75) is 20.8 Å². The van der Waals surface area contributed by atoms with E-state index in [2.05, 4.69) is 0 Å². The molecule has 18 heavy (non-hydrogen) atoms. The van der Waals surface area contributed by atoms with Gasteiger partial charge in [-0.15, -0.1) is 0 Å². The van der Waals surface area contributed by atoms with Crippen LogP contribution in [0.3, 0.4) is 0 Å². The van der Waals surface area contributed by atoms with Gasteiger partial charge in [0.1, 0.15) is 11.5 Å². The van der Waals surface area contributed by atoms with Crippen LogP contribution in [0.15, 0.2) is 48.5 Å². The molecule has 0 aliphatic carbocycles. The normalized spacial score (nSPS) is 9.61. The summed E-state index contributed by atoms with van der Waals surface area (Å²) in [5, 5.41) is 9.59. The second-order valence-electron chi connectivity index (χ2n) is 4.04. The Labute approximate surface area is 109 Å². The van der Waals surface area contributed by atoms with Crippen molar-refractivity contribution in [2.75, 3.05) is 6.61 Å². The molecule has 0 heterocycles. The average molecular weight is 244 g/mol. The minimum atomic E-state index is 0. The number of hydrogen-bond donors (Lipinski definition) is 1. The van der Waals surface area contributed by atoms with Crippen LogP contribution in [0.5, 0.6) is 11.5 Å². The lowest BCUT2D eigenvalue weighted by Crippen LogP contribution is -2.01. The standard InChI is InChI=1S/C15H16O2.CH4/c1-12-6-8-14(9-7-12)17-11-10-13-4-2-3-5-15(13)16;/h2-9,16H,10-11H2,1H3;1H4. The molecule has 0 aliphatic heterocycles. The van der Waals surface area contributed by atoms with E-state index < -0.39 is 0 Å². The van der Waals surface area contributed by atoms with Gasteiger partial charge in [-0.3, -0.25) is 0 Å². The van der Waals surface area contributed by atoms with Gasteiger partial charge in [-0.1, -0.05) is 43.3 Å². The quantitative estimate of drug-likeness (QED) is 0.882. The van der Waals surface area contributed by atoms with E-state index in [0.717, 1.165) is 11.3 Å². The molecule has 2 aromatic carbocycles. The second-order valence-corrected chi connectivity index (χ2v) is 4.04. The van der Waals surface area contributed by atoms with E-state index >= 15 is 0 Å². The van der Waals surface area contributed by atoms with E-state index in [1.54, 1.807) is 6.07 Å². The number of phenolic OH excluding ortho intramolecular Hbond substituents is 1. The third-order valence-corrected chi connectivity index (χ3v) is 2.65. The molecule has 0 saturated heterocycles. The number of ether oxygens (including phenoxy) is 1. The van der Waals surface area contributed by atoms with Crippen molar-refractivity contribution in [3.05, 3.63) is 59.7 Å². The monoisotopic (exact) mass is 244 g/mol. The molecule has 2 heteroatoms. The van der Waals surface area contributed by atoms with Gasteiger partial charge in [-0.25, -0.2) is 0 Å². The first-order chi connectivity index (χ1) is 8.25. The first-order valence-corrected chi connectivity index (χ1v) is 5.72. The summed E-state index contributed by atoms with van der Waals surface area (Å²) < 4.78 is 5.61. The first-order valence-electron chi connectivity index (χ1n) is 5.72. The summed E-state index contributed by atoms with van der Waals surface area (Å²) >= 11 is 0. The number of aryl methyl sites for hydroxylation is 1. The van der Waals surface area contributed by atoms with Crippen LogP contribution < -0.4 is 4.74 Å². The fourth-order valence-corrected chi connectivity index (χ4v) is 1.64. The maximum Gasteiger partial charge on any atom is 0.119 e. The molecule has 2 nitrogen and oxygen atoms in total. The second kappa shape index (κ2) is 6.70. The lowest BCUT2D eigenvalue weighted by Gasteiger charge is -2.07. The molecule has 0 amide bonds. The summed E-state index contributed by atoms with van der Waals surface area (Å²) in [6.07, 6.45) is 0.709. The molecule has 0 unspecified atom stereocenters. The molecule has 0 spiro atoms. The van der Waals surface area contributed by atoms with Gasteiger partial charge >= 0.3 is 0 Å². The van der Waals surface area contributed by atoms with Crippen LogP contribution in [-0.2, 0) is 6.42 Å². The van der Waals surface area contributed by atoms with Gasteiger partial charge in [-0.05, 0) is 30.7 Å². The molecule has 1 N–H and O–H groups in total. The van der Waals surface area contributed by atoms with Gasteiger partial charge in [0, 0.05) is 6.42 Å². The van der Waals surface area contributed by atoms with E-state index in [0.29, 0.717) is 18.8 Å². The van der Waals surface area contributed by atoms with Gasteiger partial charge in [0.15, 0.2) is 0 Å². The first kappa shape index (κ1) is 14.1. The van der Waals surface area contributed by atoms with Crippen LogP contribution in [0.25, 0.3) is 0 Å². The molecule has 0 aliphatic rings. The molecule has 96 valence electrons. The predicted molar refractivity (Wildman–Crippen MR) is 75.2 cm³/mol. The highest BCUT2D eigenvalue weighted by Crippen LogP contribution is 2.17. The van der Waals surface area contributed by atoms with Crippen LogP contribution in [0.4, 0.5) is 0 Å². The molecule has 0 atom stereocenters. The molecule has 0 radical (unpaired) electrons. The van der Waals surface area contributed by atoms with Gasteiger partial charge < -0.3 is 9.84 Å². The largest absolute Gasteiger partial charge is 0.508 e. The lowest BCUT2D eigenvalue weighted by molar-refractivity contribution is 0.319. The minimum Gasteiger partial charge on any atom is -0.508 e. The van der Waals surface area contributed by atoms with Gasteiger partial charge in [0.25, 0.3) is 0 Å². The Morgan fingerprint density at radius 2 is 1.67 bits per heavy atom. The fraction of sp³-hybridized carbons (Fsp3) is 0.250. The third kappa shape index (κ3) is 3.81. The summed E-state index contributed by atoms with van der Waals surface area (Å²) in [6.45, 7) is 2.62. The van der Waals surface area contributed by atoms with Crippen LogP contribution in [0.2, 0.25) is 0 Å². The Balaban J connectivity index is 0.00000162. The van der Waals surface area contributed by atoms with Crippen molar-refractivity contribution >= 4 is 0 Å². The molecule has 0 aromatic heterocycles. The number of aromatic hydroxyl groups is 1. The SMILES string of the molecule is C.Cc1ccc(OCCc2ccccc2O)cc1. The highest BCUT2D eigenvalue weighted by atomic mass is 16.5. The topological polar surface area (TPSA) is 29.5 Å². The zero-order valence-electron chi connectivity index (χ0n) is 9.89. The smallest absolute Gasteiger partial charge is 0.119 e. The lowest BCUT2D eigenvalue weighted by atomic mass is 10.1. The summed E-state index contributed by atoms with van der Waals surface area (Å²) in [5.41, 5.74) is 2.14. The van der Waals surface area contributed by atoms with E-state index in [9.17, 15) is 5.11 Å². The summed E-state index contributed by atoms with van der Waals surface area (Å²) in [7, 11) is 0. The summed E-state index contributed by atoms with van der Waals surface area (Å²) in [5.74, 6) is 1.20. The van der Waals surface area contributed by atoms with Crippen molar-refractivity contribution < 1.29 is 9.84 Å². The Kier molecular flexibility index (Phi) is 5.25. The predicted octanol–water partition coefficient (Wildman–Crippen LogP) is 3.96. The number of hydrogen-bond acceptors (Lipinski definition) is 2. The zero-order chi connectivity index (χ0) is 12.1. The van der Waals surface area contributed by atoms with Crippen LogP contribution in [0.1, 0.15) is 18.6 Å². The van der Waals surface area contributed by atoms with Crippen molar-refractivity contribution in [1.29, 1.82) is 0 Å². The number of rotatable bonds is 4. The zero-order valence-corrected chi connectivity index (χ0v) is 9.89. The maximum absolute atomic E-state index is 9.59. The highest BCUT2D eigenvalue weighted by Gasteiger charge is 2.00. The number of benzene rings is 2. The molecule has 2 rings (SSSR count). The molecular weight excluding hydrogens is 224 g/mol. The Morgan fingerprint density at radius 1 is 1.00 bits per heavy atom. The molecular formula is C16H20O2. The van der Waals surface area contributed by atoms with Gasteiger partial charge in [0.05, 0.1) is 6.61 Å². The molecule has 2 aromatic rings. The third-order valence-electron chi connectivity index (χ3n) is 2.65. The van der Waals surface area contributed by atoms with Crippen molar-refractivity contribution in [3.8, 4) is 11.5 Å². The summed E-state index contributed by atoms with van der Waals surface area (Å²) in [4.78, 5) is 0. The highest BCUT2D eigenvalue weighted by molar-refractivity contribution is 5.32. The fourth-order valence-electron chi connectivity index (χ4n) is 1.64. The van der Waals surface area contributed by atoms with Gasteiger partial charge in [0.2, 0.25) is 0 Å². The van der Waals surface area contributed by atoms with E-state index in [4.69, 9.17) is 4.74 Å². The Hall–Kier alpha value is -1.96. The van der Waals surface area contributed by atoms with E-state index in [-0.39, 0.29) is 7.43 Å². The van der Waals surface area contributed by atoms with Crippen LogP contribution >= 0.6 is 0 Å². The number of para-hydroxylation sites is 1. The summed E-state index contributed by atoms with van der Waals surface area (Å²) in [6, 6.07) is 15.3. The van der Waals surface area contributed by atoms with E-state index in [1.807, 2.05) is 49.4 Å². The van der Waals surface area contributed by atoms with Crippen molar-refractivity contribution in [1.82, 2.24) is 0 Å². The minimum absolute atomic E-state index is 0. The average Bonchev–Trinajstić information content (AvgIpc) is 2.34. The van der Waals surface area contributed by atoms with Crippen molar-refractivity contribution in [3.63, 3.8) is 0 Å². The number of phenols is 1. The maximum atomic E-state index is 9.59. The Morgan fingerprint density at radius 3 is 2.33 bits per heavy atom. The van der Waals surface area contributed by atoms with Crippen molar-refractivity contribution in [2.24, 2.45) is 0 Å².